The second-order valence-corrected chi connectivity index (χ2v) is 7.66. The molecule has 0 amide bonds. The number of piperidine rings is 1. The smallest absolute Gasteiger partial charge is 0.191 e. The van der Waals surface area contributed by atoms with E-state index >= 15 is 0 Å². The molecule has 1 rings (SSSR count). The highest BCUT2D eigenvalue weighted by Gasteiger charge is 2.25. The van der Waals surface area contributed by atoms with Crippen molar-refractivity contribution in [3.05, 3.63) is 0 Å². The molecule has 144 valence electrons. The molecule has 0 aromatic rings. The number of nitrogens with one attached hydrogen (secondary N) is 2. The molecule has 2 N–H and O–H groups in total. The molecule has 0 radical (unpaired) electrons. The van der Waals surface area contributed by atoms with Crippen LogP contribution in [0.15, 0.2) is 4.99 Å². The minimum Gasteiger partial charge on any atom is -0.379 e. The Morgan fingerprint density at radius 3 is 2.38 bits per heavy atom. The number of methoxy groups -OCH3 is 1. The maximum absolute atomic E-state index is 5.60. The van der Waals surface area contributed by atoms with Gasteiger partial charge in [-0.15, -0.1) is 24.0 Å². The zero-order chi connectivity index (χ0) is 17.3. The van der Waals surface area contributed by atoms with E-state index in [1.54, 1.807) is 7.11 Å². The van der Waals surface area contributed by atoms with Gasteiger partial charge < -0.3 is 20.3 Å². The number of ether oxygens (including phenoxy) is 1. The van der Waals surface area contributed by atoms with Crippen LogP contribution in [0.1, 0.15) is 53.4 Å². The normalized spacial score (nSPS) is 18.8. The molecule has 0 aromatic heterocycles. The van der Waals surface area contributed by atoms with E-state index in [9.17, 15) is 0 Å². The first-order chi connectivity index (χ1) is 10.9. The van der Waals surface area contributed by atoms with Crippen LogP contribution in [-0.2, 0) is 4.74 Å². The lowest BCUT2D eigenvalue weighted by Crippen LogP contribution is -2.51. The lowest BCUT2D eigenvalue weighted by molar-refractivity contribution is 0.0204. The van der Waals surface area contributed by atoms with Crippen molar-refractivity contribution in [3.63, 3.8) is 0 Å². The highest BCUT2D eigenvalue weighted by Crippen LogP contribution is 2.21. The summed E-state index contributed by atoms with van der Waals surface area (Å²) in [6.07, 6.45) is 5.14. The first-order valence-electron chi connectivity index (χ1n) is 9.13. The quantitative estimate of drug-likeness (QED) is 0.353. The lowest BCUT2D eigenvalue weighted by atomic mass is 9.89. The van der Waals surface area contributed by atoms with Gasteiger partial charge in [-0.25, -0.2) is 0 Å². The Bertz CT molecular complexity index is 349. The van der Waals surface area contributed by atoms with Gasteiger partial charge in [-0.2, -0.15) is 0 Å². The summed E-state index contributed by atoms with van der Waals surface area (Å²) in [6, 6.07) is 0.523. The van der Waals surface area contributed by atoms with Crippen molar-refractivity contribution < 1.29 is 4.74 Å². The average Bonchev–Trinajstić information content (AvgIpc) is 2.52. The van der Waals surface area contributed by atoms with Crippen LogP contribution in [0.4, 0.5) is 0 Å². The van der Waals surface area contributed by atoms with Crippen LogP contribution in [0, 0.1) is 5.41 Å². The third-order valence-corrected chi connectivity index (χ3v) is 4.69. The average molecular weight is 454 g/mol. The molecule has 1 fully saturated rings. The molecule has 1 saturated heterocycles. The molecule has 0 bridgehead atoms. The van der Waals surface area contributed by atoms with Crippen molar-refractivity contribution in [1.82, 2.24) is 15.5 Å². The third kappa shape index (κ3) is 8.85. The minimum absolute atomic E-state index is 0. The van der Waals surface area contributed by atoms with E-state index in [4.69, 9.17) is 4.74 Å². The molecule has 1 aliphatic rings. The summed E-state index contributed by atoms with van der Waals surface area (Å²) in [5.74, 6) is 0.892. The summed E-state index contributed by atoms with van der Waals surface area (Å²) in [5.41, 5.74) is 0.116. The summed E-state index contributed by atoms with van der Waals surface area (Å²) in [7, 11) is 3.62. The number of halogens is 1. The van der Waals surface area contributed by atoms with Gasteiger partial charge in [-0.3, -0.25) is 4.99 Å². The minimum atomic E-state index is 0. The number of unbranched alkanes of at least 4 members (excludes halogenated alkanes) is 1. The fourth-order valence-electron chi connectivity index (χ4n) is 3.00. The van der Waals surface area contributed by atoms with E-state index in [0.717, 1.165) is 12.5 Å². The molecule has 0 saturated carbocycles. The van der Waals surface area contributed by atoms with Gasteiger partial charge in [0.2, 0.25) is 0 Å². The number of guanidine groups is 1. The molecule has 0 aliphatic carbocycles. The van der Waals surface area contributed by atoms with E-state index < -0.39 is 0 Å². The van der Waals surface area contributed by atoms with Crippen LogP contribution in [0.25, 0.3) is 0 Å². The van der Waals surface area contributed by atoms with Gasteiger partial charge in [-0.05, 0) is 31.2 Å². The fraction of sp³-hybridized carbons (Fsp3) is 0.944. The molecule has 5 nitrogen and oxygen atoms in total. The van der Waals surface area contributed by atoms with Crippen LogP contribution in [-0.4, -0.2) is 63.3 Å². The van der Waals surface area contributed by atoms with Gasteiger partial charge in [-0.1, -0.05) is 34.1 Å². The van der Waals surface area contributed by atoms with E-state index in [1.165, 1.54) is 45.3 Å². The van der Waals surface area contributed by atoms with Gasteiger partial charge >= 0.3 is 0 Å². The summed E-state index contributed by atoms with van der Waals surface area (Å²) >= 11 is 0. The summed E-state index contributed by atoms with van der Waals surface area (Å²) < 4.78 is 5.60. The van der Waals surface area contributed by atoms with Crippen LogP contribution in [0.2, 0.25) is 0 Å². The largest absolute Gasteiger partial charge is 0.379 e. The van der Waals surface area contributed by atoms with Crippen LogP contribution >= 0.6 is 24.0 Å². The Labute approximate surface area is 166 Å². The van der Waals surface area contributed by atoms with Crippen molar-refractivity contribution in [2.75, 3.05) is 40.3 Å². The van der Waals surface area contributed by atoms with Gasteiger partial charge in [0, 0.05) is 39.8 Å². The molecule has 1 heterocycles. The van der Waals surface area contributed by atoms with E-state index in [-0.39, 0.29) is 35.5 Å². The number of nitrogens with zero attached hydrogens (tertiary/aromatic N) is 2. The second-order valence-electron chi connectivity index (χ2n) is 7.66. The summed E-state index contributed by atoms with van der Waals surface area (Å²) in [6.45, 7) is 13.3. The van der Waals surface area contributed by atoms with Gasteiger partial charge in [0.25, 0.3) is 0 Å². The number of hydrogen-bond donors (Lipinski definition) is 2. The lowest BCUT2D eigenvalue weighted by Gasteiger charge is -2.34. The standard InChI is InChI=1S/C18H38N4O.HI/c1-7-8-11-22-12-9-15(10-13-22)21-17(19-5)20-14-16(23-6)18(2,3)4;/h15-16H,7-14H2,1-6H3,(H2,19,20,21);1H. The highest BCUT2D eigenvalue weighted by atomic mass is 127. The van der Waals surface area contributed by atoms with Gasteiger partial charge in [0.1, 0.15) is 0 Å². The van der Waals surface area contributed by atoms with Crippen molar-refractivity contribution in [2.24, 2.45) is 10.4 Å². The van der Waals surface area contributed by atoms with Gasteiger partial charge in [0.05, 0.1) is 6.10 Å². The molecule has 0 aromatic carbocycles. The summed E-state index contributed by atoms with van der Waals surface area (Å²) in [4.78, 5) is 6.95. The molecule has 1 aliphatic heterocycles. The molecule has 1 atom stereocenters. The maximum Gasteiger partial charge on any atom is 0.191 e. The Morgan fingerprint density at radius 2 is 1.92 bits per heavy atom. The SMILES string of the molecule is CCCCN1CCC(NC(=NC)NCC(OC)C(C)(C)C)CC1.I. The zero-order valence-corrected chi connectivity index (χ0v) is 18.9. The molecular weight excluding hydrogens is 415 g/mol. The Hall–Kier alpha value is -0.0800. The Morgan fingerprint density at radius 1 is 1.29 bits per heavy atom. The first kappa shape index (κ1) is 23.9. The fourth-order valence-corrected chi connectivity index (χ4v) is 3.00. The molecule has 0 spiro atoms. The number of likely N-dealkylation sites (tertiary alicyclic amines) is 1. The maximum atomic E-state index is 5.60. The number of hydrogen-bond acceptors (Lipinski definition) is 3. The van der Waals surface area contributed by atoms with Gasteiger partial charge in [0.15, 0.2) is 5.96 Å². The zero-order valence-electron chi connectivity index (χ0n) is 16.5. The Balaban J connectivity index is 0.00000529. The topological polar surface area (TPSA) is 48.9 Å². The molecule has 1 unspecified atom stereocenters. The van der Waals surface area contributed by atoms with Crippen molar-refractivity contribution in [1.29, 1.82) is 0 Å². The van der Waals surface area contributed by atoms with Crippen molar-refractivity contribution >= 4 is 29.9 Å². The number of rotatable bonds is 7. The Kier molecular flexibility index (Phi) is 12.3. The van der Waals surface area contributed by atoms with E-state index in [0.29, 0.717) is 6.04 Å². The van der Waals surface area contributed by atoms with Crippen LogP contribution in [0.5, 0.6) is 0 Å². The predicted octanol–water partition coefficient (Wildman–Crippen LogP) is 3.10. The van der Waals surface area contributed by atoms with Crippen LogP contribution in [0.3, 0.4) is 0 Å². The van der Waals surface area contributed by atoms with E-state index in [2.05, 4.69) is 48.2 Å². The van der Waals surface area contributed by atoms with Crippen molar-refractivity contribution in [3.8, 4) is 0 Å². The predicted molar refractivity (Wildman–Crippen MR) is 115 cm³/mol. The number of aliphatic imine (C=N–C) groups is 1. The van der Waals surface area contributed by atoms with Crippen LogP contribution < -0.4 is 10.6 Å². The third-order valence-electron chi connectivity index (χ3n) is 4.69. The molecular formula is C18H39IN4O. The first-order valence-corrected chi connectivity index (χ1v) is 9.13. The van der Waals surface area contributed by atoms with E-state index in [1.807, 2.05) is 7.05 Å². The highest BCUT2D eigenvalue weighted by molar-refractivity contribution is 14.0. The monoisotopic (exact) mass is 454 g/mol. The van der Waals surface area contributed by atoms with Crippen molar-refractivity contribution in [2.45, 2.75) is 65.5 Å². The molecule has 24 heavy (non-hydrogen) atoms. The second kappa shape index (κ2) is 12.3. The summed E-state index contributed by atoms with van der Waals surface area (Å²) in [5, 5.41) is 6.99. The molecule has 6 heteroatoms.